The molecule has 22 heavy (non-hydrogen) atoms. The van der Waals surface area contributed by atoms with Crippen molar-refractivity contribution < 1.29 is 29.8 Å². The average molecular weight is 317 g/mol. The van der Waals surface area contributed by atoms with Crippen LogP contribution in [0, 0.1) is 30.3 Å². The van der Waals surface area contributed by atoms with Crippen LogP contribution in [0.15, 0.2) is 30.3 Å². The molecular formula is C10H11N3O9. The molecule has 0 saturated heterocycles. The first-order chi connectivity index (χ1) is 10.4. The molecule has 0 aliphatic rings. The first-order valence-electron chi connectivity index (χ1n) is 5.82. The second-order valence-electron chi connectivity index (χ2n) is 3.94. The minimum absolute atomic E-state index is 0.137. The third kappa shape index (κ3) is 6.31. The molecule has 1 aromatic carbocycles. The van der Waals surface area contributed by atoms with Crippen molar-refractivity contribution in [2.24, 2.45) is 0 Å². The van der Waals surface area contributed by atoms with Gasteiger partial charge in [0.1, 0.15) is 12.7 Å². The zero-order valence-electron chi connectivity index (χ0n) is 11.0. The molecule has 0 aliphatic carbocycles. The van der Waals surface area contributed by atoms with Gasteiger partial charge in [0.15, 0.2) is 6.10 Å². The van der Waals surface area contributed by atoms with Crippen LogP contribution in [0.4, 0.5) is 0 Å². The maximum Gasteiger partial charge on any atom is 0.294 e. The Labute approximate surface area is 122 Å². The molecule has 0 heterocycles. The molecule has 0 aliphatic heterocycles. The Morgan fingerprint density at radius 3 is 1.91 bits per heavy atom. The van der Waals surface area contributed by atoms with Gasteiger partial charge < -0.3 is 14.5 Å². The van der Waals surface area contributed by atoms with Gasteiger partial charge in [-0.1, -0.05) is 30.3 Å². The fourth-order valence-electron chi connectivity index (χ4n) is 1.64. The van der Waals surface area contributed by atoms with Crippen molar-refractivity contribution in [3.05, 3.63) is 66.2 Å². The number of hydrogen-bond donors (Lipinski definition) is 0. The minimum Gasteiger partial charge on any atom is -0.311 e. The number of rotatable bonds is 10. The highest BCUT2D eigenvalue weighted by Gasteiger charge is 2.30. The summed E-state index contributed by atoms with van der Waals surface area (Å²) >= 11 is 0. The van der Waals surface area contributed by atoms with Crippen LogP contribution in [0.1, 0.15) is 5.56 Å². The molecule has 2 unspecified atom stereocenters. The highest BCUT2D eigenvalue weighted by atomic mass is 17.0. The van der Waals surface area contributed by atoms with Gasteiger partial charge in [-0.25, -0.2) is 0 Å². The maximum atomic E-state index is 10.5. The Balaban J connectivity index is 2.88. The third-order valence-corrected chi connectivity index (χ3v) is 2.48. The third-order valence-electron chi connectivity index (χ3n) is 2.48. The summed E-state index contributed by atoms with van der Waals surface area (Å²) in [7, 11) is 0. The lowest BCUT2D eigenvalue weighted by Gasteiger charge is -2.22. The summed E-state index contributed by atoms with van der Waals surface area (Å²) in [5.41, 5.74) is 0.562. The van der Waals surface area contributed by atoms with E-state index in [4.69, 9.17) is 0 Å². The zero-order valence-corrected chi connectivity index (χ0v) is 11.0. The summed E-state index contributed by atoms with van der Waals surface area (Å²) in [6, 6.07) is 8.21. The van der Waals surface area contributed by atoms with Crippen molar-refractivity contribution in [2.75, 3.05) is 6.61 Å². The molecule has 2 atom stereocenters. The van der Waals surface area contributed by atoms with Gasteiger partial charge in [-0.2, -0.15) is 0 Å². The van der Waals surface area contributed by atoms with Gasteiger partial charge in [0.25, 0.3) is 15.3 Å². The summed E-state index contributed by atoms with van der Waals surface area (Å²) < 4.78 is 0. The Morgan fingerprint density at radius 2 is 1.41 bits per heavy atom. The van der Waals surface area contributed by atoms with E-state index in [1.807, 2.05) is 0 Å². The lowest BCUT2D eigenvalue weighted by atomic mass is 10.0. The van der Waals surface area contributed by atoms with Gasteiger partial charge in [-0.05, 0) is 5.56 Å². The molecular weight excluding hydrogens is 306 g/mol. The Kier molecular flexibility index (Phi) is 6.28. The van der Waals surface area contributed by atoms with Crippen LogP contribution in [0.2, 0.25) is 0 Å². The summed E-state index contributed by atoms with van der Waals surface area (Å²) in [5.74, 6) is 0. The molecule has 0 bridgehead atoms. The summed E-state index contributed by atoms with van der Waals surface area (Å²) in [6.45, 7) is -0.890. The monoisotopic (exact) mass is 317 g/mol. The molecule has 120 valence electrons. The van der Waals surface area contributed by atoms with Crippen LogP contribution in [-0.2, 0) is 20.9 Å². The van der Waals surface area contributed by atoms with E-state index in [-0.39, 0.29) is 6.42 Å². The molecule has 1 rings (SSSR count). The summed E-state index contributed by atoms with van der Waals surface area (Å²) in [4.78, 5) is 43.7. The van der Waals surface area contributed by atoms with Crippen LogP contribution >= 0.6 is 0 Å². The molecule has 0 amide bonds. The lowest BCUT2D eigenvalue weighted by Crippen LogP contribution is -2.40. The Bertz CT molecular complexity index is 524. The van der Waals surface area contributed by atoms with Crippen molar-refractivity contribution in [3.8, 4) is 0 Å². The average Bonchev–Trinajstić information content (AvgIpc) is 2.43. The number of hydrogen-bond acceptors (Lipinski definition) is 9. The van der Waals surface area contributed by atoms with Crippen molar-refractivity contribution >= 4 is 0 Å². The normalized spacial score (nSPS) is 12.7. The van der Waals surface area contributed by atoms with Crippen molar-refractivity contribution in [1.82, 2.24) is 0 Å². The van der Waals surface area contributed by atoms with E-state index >= 15 is 0 Å². The van der Waals surface area contributed by atoms with Gasteiger partial charge in [0.2, 0.25) is 0 Å². The molecule has 12 heteroatoms. The number of nitrogens with zero attached hydrogens (tertiary/aromatic N) is 3. The predicted octanol–water partition coefficient (Wildman–Crippen LogP) is 0.591. The summed E-state index contributed by atoms with van der Waals surface area (Å²) in [5, 5.41) is 27.5. The molecule has 0 spiro atoms. The van der Waals surface area contributed by atoms with Crippen LogP contribution in [0.25, 0.3) is 0 Å². The van der Waals surface area contributed by atoms with Gasteiger partial charge in [0.05, 0.1) is 0 Å². The molecule has 0 fully saturated rings. The molecule has 0 N–H and O–H groups in total. The van der Waals surface area contributed by atoms with Crippen LogP contribution < -0.4 is 0 Å². The van der Waals surface area contributed by atoms with Gasteiger partial charge >= 0.3 is 0 Å². The highest BCUT2D eigenvalue weighted by molar-refractivity contribution is 5.15. The minimum atomic E-state index is -1.65. The maximum absolute atomic E-state index is 10.5. The van der Waals surface area contributed by atoms with E-state index in [0.29, 0.717) is 5.56 Å². The fraction of sp³-hybridized carbons (Fsp3) is 0.400. The van der Waals surface area contributed by atoms with E-state index in [9.17, 15) is 30.3 Å². The van der Waals surface area contributed by atoms with Crippen LogP contribution in [-0.4, -0.2) is 34.1 Å². The lowest BCUT2D eigenvalue weighted by molar-refractivity contribution is -0.810. The molecule has 12 nitrogen and oxygen atoms in total. The topological polar surface area (TPSA) is 157 Å². The van der Waals surface area contributed by atoms with Crippen LogP contribution in [0.3, 0.4) is 0 Å². The second-order valence-corrected chi connectivity index (χ2v) is 3.94. The molecule has 0 saturated carbocycles. The van der Waals surface area contributed by atoms with Gasteiger partial charge in [0, 0.05) is 6.42 Å². The van der Waals surface area contributed by atoms with E-state index in [1.165, 1.54) is 0 Å². The SMILES string of the molecule is O=[N+]([O-])OCC(O[N+](=O)[O-])C(Cc1ccccc1)O[N+](=O)[O-]. The molecule has 1 aromatic rings. The number of benzene rings is 1. The first kappa shape index (κ1) is 16.9. The van der Waals surface area contributed by atoms with Gasteiger partial charge in [-0.3, -0.25) is 0 Å². The quantitative estimate of drug-likeness (QED) is 0.444. The summed E-state index contributed by atoms with van der Waals surface area (Å²) in [6.07, 6.45) is -3.24. The standard InChI is InChI=1S/C10H11N3O9/c14-11(15)20-7-10(22-13(18)19)9(21-12(16)17)6-8-4-2-1-3-5-8/h1-5,9-10H,6-7H2. The van der Waals surface area contributed by atoms with Crippen molar-refractivity contribution in [2.45, 2.75) is 18.6 Å². The van der Waals surface area contributed by atoms with E-state index in [1.54, 1.807) is 30.3 Å². The molecule has 0 radical (unpaired) electrons. The highest BCUT2D eigenvalue weighted by Crippen LogP contribution is 2.13. The Hall–Kier alpha value is -3.18. The zero-order chi connectivity index (χ0) is 16.5. The Morgan fingerprint density at radius 1 is 0.864 bits per heavy atom. The first-order valence-corrected chi connectivity index (χ1v) is 5.82. The van der Waals surface area contributed by atoms with E-state index in [2.05, 4.69) is 14.5 Å². The second kappa shape index (κ2) is 8.18. The van der Waals surface area contributed by atoms with Crippen molar-refractivity contribution in [3.63, 3.8) is 0 Å². The van der Waals surface area contributed by atoms with Gasteiger partial charge in [-0.15, -0.1) is 30.3 Å². The van der Waals surface area contributed by atoms with Crippen molar-refractivity contribution in [1.29, 1.82) is 0 Å². The van der Waals surface area contributed by atoms with E-state index < -0.39 is 34.1 Å². The van der Waals surface area contributed by atoms with Crippen LogP contribution in [0.5, 0.6) is 0 Å². The molecule has 0 aromatic heterocycles. The predicted molar refractivity (Wildman–Crippen MR) is 66.8 cm³/mol. The van der Waals surface area contributed by atoms with E-state index in [0.717, 1.165) is 0 Å². The largest absolute Gasteiger partial charge is 0.311 e. The fourth-order valence-corrected chi connectivity index (χ4v) is 1.64. The smallest absolute Gasteiger partial charge is 0.294 e.